The number of carbonyl (C=O) groups is 3. The van der Waals surface area contributed by atoms with Gasteiger partial charge in [-0.15, -0.1) is 0 Å². The first-order valence-corrected chi connectivity index (χ1v) is 12.3. The van der Waals surface area contributed by atoms with Gasteiger partial charge in [0.2, 0.25) is 5.75 Å². The topological polar surface area (TPSA) is 127 Å². The monoisotopic (exact) mass is 520 g/mol. The van der Waals surface area contributed by atoms with Gasteiger partial charge >= 0.3 is 11.9 Å². The standard InChI is InChI=1S/C12H24O3.C9H10N2O4.C7H8.H2/c1-5-12(13)15-11(4)7-9-14-8-6-10(2)3;1-5(12)15-8-6(14-2)3-4-11-7(8)9(10)13;1-7-5-3-2-4-6-7;/h10-11H,5-9H2,1-4H3;3-4H,1-2H3,(H2,10,13);2-6H,1H3;1H/t11-;;;/m0.../s1. The Morgan fingerprint density at radius 2 is 1.65 bits per heavy atom. The molecule has 1 amide bonds. The van der Waals surface area contributed by atoms with Gasteiger partial charge in [0, 0.05) is 40.1 Å². The average molecular weight is 521 g/mol. The van der Waals surface area contributed by atoms with Crippen molar-refractivity contribution in [3.8, 4) is 11.5 Å². The maximum Gasteiger partial charge on any atom is 0.308 e. The van der Waals surface area contributed by atoms with Gasteiger partial charge in [0.05, 0.1) is 13.7 Å². The Morgan fingerprint density at radius 3 is 2.11 bits per heavy atom. The number of aryl methyl sites for hydroxylation is 1. The number of benzene rings is 1. The molecule has 208 valence electrons. The van der Waals surface area contributed by atoms with E-state index in [1.54, 1.807) is 6.92 Å². The minimum atomic E-state index is -0.787. The van der Waals surface area contributed by atoms with E-state index >= 15 is 0 Å². The molecule has 0 aliphatic rings. The predicted octanol–water partition coefficient (Wildman–Crippen LogP) is 5.14. The summed E-state index contributed by atoms with van der Waals surface area (Å²) < 4.78 is 20.3. The zero-order valence-electron chi connectivity index (χ0n) is 23.1. The fourth-order valence-corrected chi connectivity index (χ4v) is 2.58. The van der Waals surface area contributed by atoms with Crippen LogP contribution in [0.2, 0.25) is 0 Å². The Bertz CT molecular complexity index is 940. The number of carbonyl (C=O) groups excluding carboxylic acids is 3. The second kappa shape index (κ2) is 19.7. The Labute approximate surface area is 222 Å². The molecule has 2 N–H and O–H groups in total. The molecule has 0 fully saturated rings. The molecule has 0 aliphatic carbocycles. The van der Waals surface area contributed by atoms with Crippen molar-refractivity contribution >= 4 is 17.8 Å². The lowest BCUT2D eigenvalue weighted by Crippen LogP contribution is -2.16. The summed E-state index contributed by atoms with van der Waals surface area (Å²) in [5.41, 5.74) is 6.25. The summed E-state index contributed by atoms with van der Waals surface area (Å²) in [6.45, 7) is 12.8. The van der Waals surface area contributed by atoms with Crippen LogP contribution in [-0.2, 0) is 19.1 Å². The van der Waals surface area contributed by atoms with E-state index in [1.165, 1.54) is 31.9 Å². The van der Waals surface area contributed by atoms with Crippen LogP contribution in [0.4, 0.5) is 0 Å². The summed E-state index contributed by atoms with van der Waals surface area (Å²) in [6, 6.07) is 11.7. The lowest BCUT2D eigenvalue weighted by molar-refractivity contribution is -0.148. The van der Waals surface area contributed by atoms with Crippen LogP contribution in [0.15, 0.2) is 42.6 Å². The molecule has 2 rings (SSSR count). The van der Waals surface area contributed by atoms with Crippen LogP contribution >= 0.6 is 0 Å². The molecule has 1 atom stereocenters. The number of primary amides is 1. The molecule has 37 heavy (non-hydrogen) atoms. The maximum atomic E-state index is 11.0. The summed E-state index contributed by atoms with van der Waals surface area (Å²) in [6.07, 6.45) is 3.62. The number of hydrogen-bond acceptors (Lipinski definition) is 8. The molecule has 0 saturated heterocycles. The van der Waals surface area contributed by atoms with Gasteiger partial charge in [-0.2, -0.15) is 0 Å². The molecule has 0 radical (unpaired) electrons. The zero-order valence-corrected chi connectivity index (χ0v) is 23.1. The van der Waals surface area contributed by atoms with Gasteiger partial charge in [0.25, 0.3) is 5.91 Å². The van der Waals surface area contributed by atoms with Crippen molar-refractivity contribution in [3.63, 3.8) is 0 Å². The van der Waals surface area contributed by atoms with E-state index in [9.17, 15) is 14.4 Å². The van der Waals surface area contributed by atoms with Crippen LogP contribution in [0.1, 0.15) is 71.4 Å². The third-order valence-corrected chi connectivity index (χ3v) is 4.64. The first-order chi connectivity index (χ1) is 17.5. The van der Waals surface area contributed by atoms with Crippen LogP contribution in [0.25, 0.3) is 0 Å². The summed E-state index contributed by atoms with van der Waals surface area (Å²) in [7, 11) is 1.38. The van der Waals surface area contributed by atoms with Crippen molar-refractivity contribution in [1.29, 1.82) is 0 Å². The number of pyridine rings is 1. The first-order valence-electron chi connectivity index (χ1n) is 12.3. The molecule has 1 aromatic carbocycles. The minimum absolute atomic E-state index is 0. The molecule has 9 heteroatoms. The molecule has 1 aromatic heterocycles. The van der Waals surface area contributed by atoms with Crippen LogP contribution < -0.4 is 15.2 Å². The zero-order chi connectivity index (χ0) is 28.2. The number of ether oxygens (including phenoxy) is 4. The predicted molar refractivity (Wildman–Crippen MR) is 145 cm³/mol. The third kappa shape index (κ3) is 16.8. The molecule has 0 spiro atoms. The SMILES string of the molecule is CCC(=O)O[C@@H](C)CCOCCC(C)C.COc1ccnc(C(N)=O)c1OC(C)=O.Cc1ccccc1.[HH]. The van der Waals surface area contributed by atoms with Crippen molar-refractivity contribution in [2.75, 3.05) is 20.3 Å². The van der Waals surface area contributed by atoms with E-state index in [-0.39, 0.29) is 30.7 Å². The smallest absolute Gasteiger partial charge is 0.308 e. The van der Waals surface area contributed by atoms with Gasteiger partial charge in [-0.25, -0.2) is 4.98 Å². The van der Waals surface area contributed by atoms with Crippen molar-refractivity contribution in [3.05, 3.63) is 53.9 Å². The third-order valence-electron chi connectivity index (χ3n) is 4.64. The first kappa shape index (κ1) is 33.5. The van der Waals surface area contributed by atoms with Crippen molar-refractivity contribution in [2.24, 2.45) is 11.7 Å². The minimum Gasteiger partial charge on any atom is -0.493 e. The number of amides is 1. The van der Waals surface area contributed by atoms with Gasteiger partial charge < -0.3 is 24.7 Å². The molecule has 0 saturated carbocycles. The van der Waals surface area contributed by atoms with E-state index in [2.05, 4.69) is 37.9 Å². The van der Waals surface area contributed by atoms with E-state index in [4.69, 9.17) is 24.7 Å². The number of methoxy groups -OCH3 is 1. The lowest BCUT2D eigenvalue weighted by atomic mass is 10.1. The summed E-state index contributed by atoms with van der Waals surface area (Å²) in [5, 5.41) is 0. The largest absolute Gasteiger partial charge is 0.493 e. The number of rotatable bonds is 11. The number of nitrogens with zero attached hydrogens (tertiary/aromatic N) is 1. The number of nitrogens with two attached hydrogens (primary N) is 1. The highest BCUT2D eigenvalue weighted by molar-refractivity contribution is 5.95. The van der Waals surface area contributed by atoms with Crippen LogP contribution in [0.3, 0.4) is 0 Å². The molecule has 0 aliphatic heterocycles. The molecule has 1 heterocycles. The average Bonchev–Trinajstić information content (AvgIpc) is 2.84. The van der Waals surface area contributed by atoms with Crippen molar-refractivity contribution in [2.45, 2.75) is 66.9 Å². The second-order valence-corrected chi connectivity index (χ2v) is 8.54. The quantitative estimate of drug-likeness (QED) is 0.319. The number of esters is 2. The van der Waals surface area contributed by atoms with Gasteiger partial charge in [0.15, 0.2) is 11.4 Å². The molecule has 0 bridgehead atoms. The number of aromatic nitrogens is 1. The summed E-state index contributed by atoms with van der Waals surface area (Å²) in [5.74, 6) is -0.645. The lowest BCUT2D eigenvalue weighted by Gasteiger charge is -2.13. The van der Waals surface area contributed by atoms with Crippen LogP contribution in [0, 0.1) is 12.8 Å². The van der Waals surface area contributed by atoms with Crippen LogP contribution in [-0.4, -0.2) is 49.3 Å². The van der Waals surface area contributed by atoms with E-state index in [0.717, 1.165) is 19.4 Å². The van der Waals surface area contributed by atoms with E-state index in [1.807, 2.05) is 25.1 Å². The molecule has 0 unspecified atom stereocenters. The molecular formula is C28H44N2O7. The summed E-state index contributed by atoms with van der Waals surface area (Å²) in [4.78, 5) is 36.4. The second-order valence-electron chi connectivity index (χ2n) is 8.54. The van der Waals surface area contributed by atoms with Gasteiger partial charge in [-0.1, -0.05) is 56.7 Å². The number of hydrogen-bond donors (Lipinski definition) is 1. The van der Waals surface area contributed by atoms with Crippen molar-refractivity contribution in [1.82, 2.24) is 4.98 Å². The van der Waals surface area contributed by atoms with E-state index in [0.29, 0.717) is 18.9 Å². The fraction of sp³-hybridized carbons (Fsp3) is 0.500. The van der Waals surface area contributed by atoms with Crippen molar-refractivity contribution < 1.29 is 34.8 Å². The van der Waals surface area contributed by atoms with Gasteiger partial charge in [-0.3, -0.25) is 14.4 Å². The summed E-state index contributed by atoms with van der Waals surface area (Å²) >= 11 is 0. The van der Waals surface area contributed by atoms with Gasteiger partial charge in [0.1, 0.15) is 6.10 Å². The Balaban J connectivity index is 0. The van der Waals surface area contributed by atoms with Gasteiger partial charge in [-0.05, 0) is 26.2 Å². The Kier molecular flexibility index (Phi) is 17.9. The highest BCUT2D eigenvalue weighted by atomic mass is 16.6. The normalized spacial score (nSPS) is 10.7. The fourth-order valence-electron chi connectivity index (χ4n) is 2.58. The Morgan fingerprint density at radius 1 is 1.03 bits per heavy atom. The molecule has 2 aromatic rings. The highest BCUT2D eigenvalue weighted by Gasteiger charge is 2.18. The van der Waals surface area contributed by atoms with Crippen LogP contribution in [0.5, 0.6) is 11.5 Å². The highest BCUT2D eigenvalue weighted by Crippen LogP contribution is 2.29. The van der Waals surface area contributed by atoms with E-state index < -0.39 is 11.9 Å². The molecular weight excluding hydrogens is 476 g/mol. The maximum absolute atomic E-state index is 11.0. The molecule has 9 nitrogen and oxygen atoms in total. The Hall–Kier alpha value is -3.46.